The third-order valence-corrected chi connectivity index (χ3v) is 7.67. The monoisotopic (exact) mass is 469 g/mol. The Morgan fingerprint density at radius 1 is 1.00 bits per heavy atom. The lowest BCUT2D eigenvalue weighted by Crippen LogP contribution is -2.50. The van der Waals surface area contributed by atoms with Crippen molar-refractivity contribution in [2.45, 2.75) is 18.4 Å². The number of amides is 2. The molecule has 1 N–H and O–H groups in total. The molecule has 7 nitrogen and oxygen atoms in total. The van der Waals surface area contributed by atoms with Crippen molar-refractivity contribution in [1.82, 2.24) is 14.5 Å². The molecule has 0 radical (unpaired) electrons. The molecule has 0 aromatic heterocycles. The highest BCUT2D eigenvalue weighted by Gasteiger charge is 2.32. The van der Waals surface area contributed by atoms with Crippen LogP contribution in [0.4, 0.5) is 0 Å². The zero-order valence-electron chi connectivity index (χ0n) is 16.3. The van der Waals surface area contributed by atoms with Crippen LogP contribution in [-0.4, -0.2) is 55.6 Å². The van der Waals surface area contributed by atoms with Gasteiger partial charge in [0.25, 0.3) is 5.91 Å². The van der Waals surface area contributed by atoms with Gasteiger partial charge < -0.3 is 10.2 Å². The van der Waals surface area contributed by atoms with Crippen LogP contribution in [0, 0.1) is 0 Å². The summed E-state index contributed by atoms with van der Waals surface area (Å²) < 4.78 is 27.1. The molecule has 1 aliphatic heterocycles. The molecule has 10 heteroatoms. The van der Waals surface area contributed by atoms with E-state index in [4.69, 9.17) is 23.2 Å². The van der Waals surface area contributed by atoms with Gasteiger partial charge in [0.15, 0.2) is 0 Å². The molecule has 160 valence electrons. The van der Waals surface area contributed by atoms with E-state index >= 15 is 0 Å². The highest BCUT2D eigenvalue weighted by Crippen LogP contribution is 2.31. The number of carbonyl (C=O) groups excluding carboxylic acids is 2. The van der Waals surface area contributed by atoms with Crippen molar-refractivity contribution in [3.05, 3.63) is 63.6 Å². The topological polar surface area (TPSA) is 86.8 Å². The van der Waals surface area contributed by atoms with Gasteiger partial charge in [-0.15, -0.1) is 0 Å². The molecular formula is C20H21Cl2N3O4S. The summed E-state index contributed by atoms with van der Waals surface area (Å²) in [6, 6.07) is 11.5. The average molecular weight is 470 g/mol. The molecule has 3 rings (SSSR count). The molecule has 2 aromatic carbocycles. The van der Waals surface area contributed by atoms with Gasteiger partial charge in [0.05, 0.1) is 10.0 Å². The van der Waals surface area contributed by atoms with E-state index in [9.17, 15) is 18.0 Å². The first-order chi connectivity index (χ1) is 14.2. The maximum Gasteiger partial charge on any atom is 0.253 e. The second kappa shape index (κ2) is 9.34. The van der Waals surface area contributed by atoms with Crippen molar-refractivity contribution in [3.63, 3.8) is 0 Å². The Balaban J connectivity index is 1.64. The van der Waals surface area contributed by atoms with Gasteiger partial charge in [0, 0.05) is 45.2 Å². The number of nitrogens with one attached hydrogen (secondary N) is 1. The molecule has 0 aliphatic carbocycles. The van der Waals surface area contributed by atoms with Gasteiger partial charge in [0.1, 0.15) is 4.90 Å². The normalized spacial score (nSPS) is 15.1. The van der Waals surface area contributed by atoms with Gasteiger partial charge in [-0.25, -0.2) is 8.42 Å². The molecule has 0 saturated carbocycles. The molecule has 0 spiro atoms. The van der Waals surface area contributed by atoms with Crippen LogP contribution in [0.3, 0.4) is 0 Å². The number of hydrogen-bond donors (Lipinski definition) is 1. The van der Waals surface area contributed by atoms with E-state index in [0.717, 1.165) is 5.56 Å². The SMILES string of the molecule is CC(=O)NCc1ccc(C(=O)N2CCN(S(=O)(=O)c3cccc(Cl)c3Cl)CC2)cc1. The predicted molar refractivity (Wildman–Crippen MR) is 115 cm³/mol. The number of carbonyl (C=O) groups is 2. The van der Waals surface area contributed by atoms with Gasteiger partial charge in [-0.2, -0.15) is 4.31 Å². The summed E-state index contributed by atoms with van der Waals surface area (Å²) in [7, 11) is -3.80. The number of sulfonamides is 1. The zero-order chi connectivity index (χ0) is 21.9. The van der Waals surface area contributed by atoms with E-state index in [2.05, 4.69) is 5.32 Å². The number of benzene rings is 2. The highest BCUT2D eigenvalue weighted by molar-refractivity contribution is 7.89. The lowest BCUT2D eigenvalue weighted by atomic mass is 10.1. The summed E-state index contributed by atoms with van der Waals surface area (Å²) in [5, 5.41) is 2.87. The van der Waals surface area contributed by atoms with E-state index in [0.29, 0.717) is 12.1 Å². The molecule has 2 aromatic rings. The summed E-state index contributed by atoms with van der Waals surface area (Å²) in [6.45, 7) is 2.70. The summed E-state index contributed by atoms with van der Waals surface area (Å²) in [5.74, 6) is -0.291. The minimum absolute atomic E-state index is 0.00275. The van der Waals surface area contributed by atoms with Crippen LogP contribution in [0.2, 0.25) is 10.0 Å². The summed E-state index contributed by atoms with van der Waals surface area (Å²) in [4.78, 5) is 25.3. The molecule has 1 fully saturated rings. The van der Waals surface area contributed by atoms with Gasteiger partial charge in [-0.3, -0.25) is 9.59 Å². The predicted octanol–water partition coefficient (Wildman–Crippen LogP) is 2.78. The Kier molecular flexibility index (Phi) is 7.02. The Labute approximate surface area is 185 Å². The van der Waals surface area contributed by atoms with E-state index in [1.54, 1.807) is 29.2 Å². The average Bonchev–Trinajstić information content (AvgIpc) is 2.74. The lowest BCUT2D eigenvalue weighted by Gasteiger charge is -2.34. The van der Waals surface area contributed by atoms with Crippen molar-refractivity contribution in [2.24, 2.45) is 0 Å². The van der Waals surface area contributed by atoms with Crippen LogP contribution in [0.1, 0.15) is 22.8 Å². The first-order valence-electron chi connectivity index (χ1n) is 9.27. The Morgan fingerprint density at radius 3 is 2.23 bits per heavy atom. The molecule has 1 saturated heterocycles. The second-order valence-electron chi connectivity index (χ2n) is 6.85. The summed E-state index contributed by atoms with van der Waals surface area (Å²) in [6.07, 6.45) is 0. The maximum absolute atomic E-state index is 12.9. The van der Waals surface area contributed by atoms with Crippen molar-refractivity contribution in [1.29, 1.82) is 0 Å². The smallest absolute Gasteiger partial charge is 0.253 e. The number of rotatable bonds is 5. The minimum Gasteiger partial charge on any atom is -0.352 e. The minimum atomic E-state index is -3.80. The molecule has 1 heterocycles. The first kappa shape index (κ1) is 22.6. The Morgan fingerprint density at radius 2 is 1.63 bits per heavy atom. The van der Waals surface area contributed by atoms with Gasteiger partial charge in [-0.1, -0.05) is 41.4 Å². The third kappa shape index (κ3) is 4.95. The van der Waals surface area contributed by atoms with Crippen molar-refractivity contribution in [2.75, 3.05) is 26.2 Å². The van der Waals surface area contributed by atoms with Gasteiger partial charge >= 0.3 is 0 Å². The number of hydrogen-bond acceptors (Lipinski definition) is 4. The van der Waals surface area contributed by atoms with Crippen molar-refractivity contribution in [3.8, 4) is 0 Å². The lowest BCUT2D eigenvalue weighted by molar-refractivity contribution is -0.119. The maximum atomic E-state index is 12.9. The first-order valence-corrected chi connectivity index (χ1v) is 11.5. The van der Waals surface area contributed by atoms with Crippen LogP contribution in [0.15, 0.2) is 47.4 Å². The van der Waals surface area contributed by atoms with Crippen LogP contribution in [-0.2, 0) is 21.4 Å². The summed E-state index contributed by atoms with van der Waals surface area (Å²) >= 11 is 12.0. The van der Waals surface area contributed by atoms with Gasteiger partial charge in [0.2, 0.25) is 15.9 Å². The third-order valence-electron chi connectivity index (χ3n) is 4.80. The standard InChI is InChI=1S/C20H21Cl2N3O4S/c1-14(26)23-13-15-5-7-16(8-6-15)20(27)24-9-11-25(12-10-24)30(28,29)18-4-2-3-17(21)19(18)22/h2-8H,9-13H2,1H3,(H,23,26). The number of nitrogens with zero attached hydrogens (tertiary/aromatic N) is 2. The number of piperazine rings is 1. The molecular weight excluding hydrogens is 449 g/mol. The Hall–Kier alpha value is -2.13. The number of halogens is 2. The highest BCUT2D eigenvalue weighted by atomic mass is 35.5. The largest absolute Gasteiger partial charge is 0.352 e. The van der Waals surface area contributed by atoms with Crippen LogP contribution < -0.4 is 5.32 Å². The van der Waals surface area contributed by atoms with E-state index < -0.39 is 10.0 Å². The van der Waals surface area contributed by atoms with Crippen LogP contribution in [0.25, 0.3) is 0 Å². The van der Waals surface area contributed by atoms with E-state index in [1.807, 2.05) is 0 Å². The fraction of sp³-hybridized carbons (Fsp3) is 0.300. The second-order valence-corrected chi connectivity index (χ2v) is 9.55. The van der Waals surface area contributed by atoms with Crippen molar-refractivity contribution >= 4 is 45.0 Å². The van der Waals surface area contributed by atoms with Gasteiger partial charge in [-0.05, 0) is 29.8 Å². The molecule has 0 bridgehead atoms. The molecule has 1 aliphatic rings. The van der Waals surface area contributed by atoms with E-state index in [-0.39, 0.29) is 52.9 Å². The molecule has 0 unspecified atom stereocenters. The quantitative estimate of drug-likeness (QED) is 0.728. The van der Waals surface area contributed by atoms with Crippen LogP contribution >= 0.6 is 23.2 Å². The molecule has 2 amide bonds. The van der Waals surface area contributed by atoms with Crippen molar-refractivity contribution < 1.29 is 18.0 Å². The summed E-state index contributed by atoms with van der Waals surface area (Å²) in [5.41, 5.74) is 1.40. The zero-order valence-corrected chi connectivity index (χ0v) is 18.6. The Bertz CT molecular complexity index is 1050. The fourth-order valence-electron chi connectivity index (χ4n) is 3.13. The molecule has 30 heavy (non-hydrogen) atoms. The van der Waals surface area contributed by atoms with Crippen LogP contribution in [0.5, 0.6) is 0 Å². The fourth-order valence-corrected chi connectivity index (χ4v) is 5.29. The molecule has 0 atom stereocenters. The van der Waals surface area contributed by atoms with E-state index in [1.165, 1.54) is 29.4 Å².